The molecular weight excluding hydrogens is 279 g/mol. The molecule has 1 aromatic carbocycles. The van der Waals surface area contributed by atoms with Crippen molar-refractivity contribution in [1.29, 1.82) is 0 Å². The highest BCUT2D eigenvalue weighted by atomic mass is 19.4. The maximum atomic E-state index is 12.3. The van der Waals surface area contributed by atoms with Crippen molar-refractivity contribution < 1.29 is 18.0 Å². The van der Waals surface area contributed by atoms with Crippen molar-refractivity contribution >= 4 is 11.5 Å². The van der Waals surface area contributed by atoms with Crippen LogP contribution >= 0.6 is 0 Å². The number of alkyl halides is 3. The van der Waals surface area contributed by atoms with Crippen LogP contribution in [0.3, 0.4) is 0 Å². The minimum atomic E-state index is -4.82. The lowest BCUT2D eigenvalue weighted by Crippen LogP contribution is -2.23. The van der Waals surface area contributed by atoms with E-state index in [1.807, 2.05) is 39.0 Å². The maximum Gasteiger partial charge on any atom is 0.454 e. The van der Waals surface area contributed by atoms with Gasteiger partial charge in [-0.2, -0.15) is 13.2 Å². The summed E-state index contributed by atoms with van der Waals surface area (Å²) in [5.74, 6) is -1.84. The standard InChI is InChI=1S/C16H20F3NO/c1-4-5-9-20(10-8-15(21)16(17,18)19)14-7-6-12(2)11-13(14)3/h6-8,10-11H,4-5,9H2,1-3H3/b10-8+. The van der Waals surface area contributed by atoms with Crippen LogP contribution in [0.15, 0.2) is 30.5 Å². The highest BCUT2D eigenvalue weighted by molar-refractivity contribution is 5.94. The monoisotopic (exact) mass is 299 g/mol. The largest absolute Gasteiger partial charge is 0.454 e. The molecule has 0 aliphatic heterocycles. The van der Waals surface area contributed by atoms with E-state index in [2.05, 4.69) is 0 Å². The molecule has 0 fully saturated rings. The number of nitrogens with zero attached hydrogens (tertiary/aromatic N) is 1. The van der Waals surface area contributed by atoms with Gasteiger partial charge in [0.15, 0.2) is 0 Å². The maximum absolute atomic E-state index is 12.3. The van der Waals surface area contributed by atoms with E-state index < -0.39 is 12.0 Å². The summed E-state index contributed by atoms with van der Waals surface area (Å²) >= 11 is 0. The summed E-state index contributed by atoms with van der Waals surface area (Å²) in [6, 6.07) is 5.73. The first-order valence-electron chi connectivity index (χ1n) is 6.89. The minimum absolute atomic E-state index is 0.571. The number of anilines is 1. The number of hydrogen-bond acceptors (Lipinski definition) is 2. The molecule has 0 unspecified atom stereocenters. The van der Waals surface area contributed by atoms with Crippen LogP contribution in [0.25, 0.3) is 0 Å². The first kappa shape index (κ1) is 17.3. The summed E-state index contributed by atoms with van der Waals surface area (Å²) in [6.45, 7) is 6.43. The molecule has 21 heavy (non-hydrogen) atoms. The molecule has 0 aliphatic carbocycles. The topological polar surface area (TPSA) is 20.3 Å². The SMILES string of the molecule is CCCCN(/C=C/C(=O)C(F)(F)F)c1ccc(C)cc1C. The molecule has 0 radical (unpaired) electrons. The van der Waals surface area contributed by atoms with E-state index in [1.54, 1.807) is 4.90 Å². The Morgan fingerprint density at radius 2 is 1.95 bits per heavy atom. The summed E-state index contributed by atoms with van der Waals surface area (Å²) in [4.78, 5) is 12.7. The molecule has 0 amide bonds. The predicted molar refractivity (Wildman–Crippen MR) is 78.4 cm³/mol. The lowest BCUT2D eigenvalue weighted by molar-refractivity contribution is -0.165. The van der Waals surface area contributed by atoms with E-state index in [0.29, 0.717) is 12.6 Å². The van der Waals surface area contributed by atoms with Crippen LogP contribution in [0.5, 0.6) is 0 Å². The molecule has 0 bridgehead atoms. The van der Waals surface area contributed by atoms with E-state index >= 15 is 0 Å². The molecule has 1 rings (SSSR count). The van der Waals surface area contributed by atoms with Gasteiger partial charge in [0.05, 0.1) is 0 Å². The van der Waals surface area contributed by atoms with E-state index in [0.717, 1.165) is 29.7 Å². The molecule has 0 heterocycles. The molecule has 0 N–H and O–H groups in total. The quantitative estimate of drug-likeness (QED) is 0.718. The van der Waals surface area contributed by atoms with Crippen LogP contribution in [-0.2, 0) is 4.79 Å². The van der Waals surface area contributed by atoms with Crippen molar-refractivity contribution in [2.45, 2.75) is 39.8 Å². The fourth-order valence-electron chi connectivity index (χ4n) is 1.98. The molecule has 5 heteroatoms. The third kappa shape index (κ3) is 5.25. The number of carbonyl (C=O) groups excluding carboxylic acids is 1. The van der Waals surface area contributed by atoms with Gasteiger partial charge in [-0.25, -0.2) is 0 Å². The Balaban J connectivity index is 3.00. The fourth-order valence-corrected chi connectivity index (χ4v) is 1.98. The van der Waals surface area contributed by atoms with Crippen molar-refractivity contribution in [3.8, 4) is 0 Å². The summed E-state index contributed by atoms with van der Waals surface area (Å²) in [6.07, 6.45) is -1.26. The van der Waals surface area contributed by atoms with Crippen molar-refractivity contribution in [3.63, 3.8) is 0 Å². The van der Waals surface area contributed by atoms with Gasteiger partial charge in [0.2, 0.25) is 0 Å². The van der Waals surface area contributed by atoms with Gasteiger partial charge in [0, 0.05) is 24.5 Å². The Hall–Kier alpha value is -1.78. The second kappa shape index (κ2) is 7.29. The van der Waals surface area contributed by atoms with Gasteiger partial charge in [-0.1, -0.05) is 31.0 Å². The summed E-state index contributed by atoms with van der Waals surface area (Å²) in [5.41, 5.74) is 2.87. The molecule has 0 aliphatic rings. The van der Waals surface area contributed by atoms with Crippen LogP contribution in [0.1, 0.15) is 30.9 Å². The van der Waals surface area contributed by atoms with Crippen LogP contribution in [0.4, 0.5) is 18.9 Å². The third-order valence-corrected chi connectivity index (χ3v) is 3.10. The van der Waals surface area contributed by atoms with Gasteiger partial charge in [0.25, 0.3) is 5.78 Å². The lowest BCUT2D eigenvalue weighted by atomic mass is 10.1. The van der Waals surface area contributed by atoms with Crippen molar-refractivity contribution in [3.05, 3.63) is 41.6 Å². The number of rotatable bonds is 6. The average Bonchev–Trinajstić information content (AvgIpc) is 2.38. The highest BCUT2D eigenvalue weighted by Crippen LogP contribution is 2.23. The van der Waals surface area contributed by atoms with Gasteiger partial charge in [-0.15, -0.1) is 0 Å². The highest BCUT2D eigenvalue weighted by Gasteiger charge is 2.36. The van der Waals surface area contributed by atoms with Crippen molar-refractivity contribution in [2.24, 2.45) is 0 Å². The molecule has 0 saturated heterocycles. The molecule has 1 aromatic rings. The van der Waals surface area contributed by atoms with Crippen LogP contribution < -0.4 is 4.90 Å². The Labute approximate surface area is 123 Å². The zero-order valence-corrected chi connectivity index (χ0v) is 12.5. The zero-order valence-electron chi connectivity index (χ0n) is 12.5. The van der Waals surface area contributed by atoms with Crippen LogP contribution in [0, 0.1) is 13.8 Å². The Morgan fingerprint density at radius 1 is 1.29 bits per heavy atom. The van der Waals surface area contributed by atoms with Crippen molar-refractivity contribution in [1.82, 2.24) is 0 Å². The Bertz CT molecular complexity index is 521. The Kier molecular flexibility index (Phi) is 6.00. The number of hydrogen-bond donors (Lipinski definition) is 0. The third-order valence-electron chi connectivity index (χ3n) is 3.10. The van der Waals surface area contributed by atoms with Gasteiger partial charge >= 0.3 is 6.18 Å². The predicted octanol–water partition coefficient (Wildman–Crippen LogP) is 4.56. The average molecular weight is 299 g/mol. The van der Waals surface area contributed by atoms with Gasteiger partial charge < -0.3 is 4.90 Å². The number of allylic oxidation sites excluding steroid dienone is 1. The molecule has 0 saturated carbocycles. The second-order valence-corrected chi connectivity index (χ2v) is 5.01. The summed E-state index contributed by atoms with van der Waals surface area (Å²) < 4.78 is 36.8. The number of ketones is 1. The number of unbranched alkanes of at least 4 members (excludes halogenated alkanes) is 1. The summed E-state index contributed by atoms with van der Waals surface area (Å²) in [5, 5.41) is 0. The number of carbonyl (C=O) groups is 1. The van der Waals surface area contributed by atoms with E-state index in [1.165, 1.54) is 6.20 Å². The number of aryl methyl sites for hydroxylation is 2. The lowest BCUT2D eigenvalue weighted by Gasteiger charge is -2.22. The molecule has 0 atom stereocenters. The second-order valence-electron chi connectivity index (χ2n) is 5.01. The molecular formula is C16H20F3NO. The van der Waals surface area contributed by atoms with E-state index in [-0.39, 0.29) is 0 Å². The smallest absolute Gasteiger partial charge is 0.348 e. The fraction of sp³-hybridized carbons (Fsp3) is 0.438. The van der Waals surface area contributed by atoms with Crippen molar-refractivity contribution in [2.75, 3.05) is 11.4 Å². The zero-order chi connectivity index (χ0) is 16.0. The van der Waals surface area contributed by atoms with Crippen LogP contribution in [0.2, 0.25) is 0 Å². The minimum Gasteiger partial charge on any atom is -0.348 e. The van der Waals surface area contributed by atoms with Crippen LogP contribution in [-0.4, -0.2) is 18.5 Å². The Morgan fingerprint density at radius 3 is 2.48 bits per heavy atom. The molecule has 2 nitrogen and oxygen atoms in total. The first-order valence-corrected chi connectivity index (χ1v) is 6.89. The molecule has 0 spiro atoms. The van der Waals surface area contributed by atoms with E-state index in [9.17, 15) is 18.0 Å². The van der Waals surface area contributed by atoms with Gasteiger partial charge in [-0.3, -0.25) is 4.79 Å². The van der Waals surface area contributed by atoms with Gasteiger partial charge in [-0.05, 0) is 31.9 Å². The van der Waals surface area contributed by atoms with E-state index in [4.69, 9.17) is 0 Å². The first-order chi connectivity index (χ1) is 9.75. The number of halogens is 3. The van der Waals surface area contributed by atoms with Gasteiger partial charge in [0.1, 0.15) is 0 Å². The molecule has 0 aromatic heterocycles. The normalized spacial score (nSPS) is 11.9. The summed E-state index contributed by atoms with van der Waals surface area (Å²) in [7, 11) is 0. The number of benzene rings is 1. The molecule has 116 valence electrons.